The number of fused-ring (bicyclic) bond motifs is 1. The van der Waals surface area contributed by atoms with Gasteiger partial charge in [-0.2, -0.15) is 0 Å². The van der Waals surface area contributed by atoms with E-state index in [0.717, 1.165) is 43.9 Å². The van der Waals surface area contributed by atoms with Gasteiger partial charge in [0.2, 0.25) is 0 Å². The van der Waals surface area contributed by atoms with Gasteiger partial charge >= 0.3 is 0 Å². The fourth-order valence-electron chi connectivity index (χ4n) is 4.86. The molecule has 140 valence electrons. The summed E-state index contributed by atoms with van der Waals surface area (Å²) in [5.41, 5.74) is 4.27. The summed E-state index contributed by atoms with van der Waals surface area (Å²) >= 11 is 0. The van der Waals surface area contributed by atoms with E-state index in [2.05, 4.69) is 34.5 Å². The number of anilines is 2. The van der Waals surface area contributed by atoms with Crippen molar-refractivity contribution in [2.45, 2.75) is 19.3 Å². The van der Waals surface area contributed by atoms with Crippen LogP contribution in [0.4, 0.5) is 11.4 Å². The van der Waals surface area contributed by atoms with Crippen molar-refractivity contribution >= 4 is 17.3 Å². The van der Waals surface area contributed by atoms with Crippen LogP contribution in [0.1, 0.15) is 28.8 Å². The van der Waals surface area contributed by atoms with E-state index < -0.39 is 0 Å². The van der Waals surface area contributed by atoms with E-state index in [4.69, 9.17) is 0 Å². The third-order valence-electron chi connectivity index (χ3n) is 6.47. The van der Waals surface area contributed by atoms with E-state index in [1.165, 1.54) is 18.5 Å². The molecule has 0 aromatic heterocycles. The topological polar surface area (TPSA) is 55.8 Å². The molecule has 0 aliphatic carbocycles. The zero-order valence-electron chi connectivity index (χ0n) is 15.4. The van der Waals surface area contributed by atoms with Gasteiger partial charge in [-0.15, -0.1) is 0 Å². The molecule has 1 spiro atoms. The lowest BCUT2D eigenvalue weighted by Crippen LogP contribution is -2.37. The molecule has 1 unspecified atom stereocenters. The fourth-order valence-corrected chi connectivity index (χ4v) is 4.86. The molecule has 3 heterocycles. The molecule has 0 radical (unpaired) electrons. The monoisotopic (exact) mass is 363 g/mol. The molecule has 2 aromatic rings. The molecule has 2 fully saturated rings. The van der Waals surface area contributed by atoms with Crippen LogP contribution in [-0.2, 0) is 6.42 Å². The smallest absolute Gasteiger partial charge is 0.258 e. The number of nitrogens with zero attached hydrogens (tertiary/aromatic N) is 2. The van der Waals surface area contributed by atoms with Crippen LogP contribution in [-0.4, -0.2) is 43.7 Å². The molecule has 1 atom stereocenters. The Morgan fingerprint density at radius 1 is 1.00 bits per heavy atom. The van der Waals surface area contributed by atoms with Crippen molar-refractivity contribution in [1.82, 2.24) is 5.32 Å². The molecule has 1 amide bonds. The Kier molecular flexibility index (Phi) is 3.86. The summed E-state index contributed by atoms with van der Waals surface area (Å²) < 4.78 is 0. The fraction of sp³-hybridized carbons (Fsp3) is 0.409. The number of nitrogens with one attached hydrogen (secondary N) is 1. The van der Waals surface area contributed by atoms with Crippen molar-refractivity contribution in [2.24, 2.45) is 5.41 Å². The second-order valence-corrected chi connectivity index (χ2v) is 8.16. The van der Waals surface area contributed by atoms with Gasteiger partial charge in [-0.3, -0.25) is 4.79 Å². The molecule has 3 aliphatic rings. The average molecular weight is 363 g/mol. The lowest BCUT2D eigenvalue weighted by molar-refractivity contribution is 0.0980. The summed E-state index contributed by atoms with van der Waals surface area (Å²) in [7, 11) is 0. The highest BCUT2D eigenvalue weighted by Gasteiger charge is 2.40. The van der Waals surface area contributed by atoms with Gasteiger partial charge in [0.15, 0.2) is 0 Å². The molecular weight excluding hydrogens is 338 g/mol. The van der Waals surface area contributed by atoms with Gasteiger partial charge in [0, 0.05) is 48.5 Å². The van der Waals surface area contributed by atoms with Gasteiger partial charge in [-0.1, -0.05) is 0 Å². The molecule has 5 nitrogen and oxygen atoms in total. The molecule has 2 aromatic carbocycles. The largest absolute Gasteiger partial charge is 0.508 e. The summed E-state index contributed by atoms with van der Waals surface area (Å²) in [4.78, 5) is 17.2. The predicted octanol–water partition coefficient (Wildman–Crippen LogP) is 2.78. The SMILES string of the molecule is O=C1c2ccc(O)cc2CCN1c1ccc(N2CCC3(CCNC3)C2)cc1. The molecular formula is C22H25N3O2. The number of benzene rings is 2. The molecule has 0 bridgehead atoms. The lowest BCUT2D eigenvalue weighted by atomic mass is 9.86. The van der Waals surface area contributed by atoms with Crippen molar-refractivity contribution in [1.29, 1.82) is 0 Å². The maximum absolute atomic E-state index is 12.9. The number of phenols is 1. The molecule has 2 N–H and O–H groups in total. The Labute approximate surface area is 159 Å². The highest BCUT2D eigenvalue weighted by atomic mass is 16.3. The quantitative estimate of drug-likeness (QED) is 0.862. The predicted molar refractivity (Wildman–Crippen MR) is 107 cm³/mol. The van der Waals surface area contributed by atoms with E-state index in [9.17, 15) is 9.90 Å². The van der Waals surface area contributed by atoms with E-state index in [-0.39, 0.29) is 11.7 Å². The van der Waals surface area contributed by atoms with Crippen LogP contribution in [0, 0.1) is 5.41 Å². The lowest BCUT2D eigenvalue weighted by Gasteiger charge is -2.29. The van der Waals surface area contributed by atoms with Crippen molar-refractivity contribution in [3.63, 3.8) is 0 Å². The minimum atomic E-state index is 0.0150. The molecule has 5 heteroatoms. The Morgan fingerprint density at radius 2 is 1.81 bits per heavy atom. The first-order valence-electron chi connectivity index (χ1n) is 9.83. The van der Waals surface area contributed by atoms with Gasteiger partial charge in [0.1, 0.15) is 5.75 Å². The number of carbonyl (C=O) groups excluding carboxylic acids is 1. The van der Waals surface area contributed by atoms with E-state index >= 15 is 0 Å². The summed E-state index contributed by atoms with van der Waals surface area (Å²) in [6.07, 6.45) is 3.30. The Hall–Kier alpha value is -2.53. The van der Waals surface area contributed by atoms with E-state index in [1.54, 1.807) is 18.2 Å². The maximum atomic E-state index is 12.9. The van der Waals surface area contributed by atoms with Crippen LogP contribution < -0.4 is 15.1 Å². The van der Waals surface area contributed by atoms with E-state index in [0.29, 0.717) is 17.5 Å². The first-order valence-corrected chi connectivity index (χ1v) is 9.83. The number of amides is 1. The van der Waals surface area contributed by atoms with Crippen molar-refractivity contribution in [3.8, 4) is 5.75 Å². The minimum absolute atomic E-state index is 0.0150. The first-order chi connectivity index (χ1) is 13.1. The van der Waals surface area contributed by atoms with Gasteiger partial charge < -0.3 is 20.2 Å². The second-order valence-electron chi connectivity index (χ2n) is 8.16. The molecule has 2 saturated heterocycles. The average Bonchev–Trinajstić information content (AvgIpc) is 3.32. The van der Waals surface area contributed by atoms with Crippen molar-refractivity contribution in [3.05, 3.63) is 53.6 Å². The molecule has 3 aliphatic heterocycles. The Balaban J connectivity index is 1.34. The first kappa shape index (κ1) is 16.6. The highest BCUT2D eigenvalue weighted by molar-refractivity contribution is 6.08. The third-order valence-corrected chi connectivity index (χ3v) is 6.47. The number of carbonyl (C=O) groups is 1. The highest BCUT2D eigenvalue weighted by Crippen LogP contribution is 2.38. The van der Waals surface area contributed by atoms with Gasteiger partial charge in [-0.25, -0.2) is 0 Å². The summed E-state index contributed by atoms with van der Waals surface area (Å²) in [6.45, 7) is 5.16. The van der Waals surface area contributed by atoms with Gasteiger partial charge in [-0.05, 0) is 73.8 Å². The van der Waals surface area contributed by atoms with Crippen LogP contribution in [0.15, 0.2) is 42.5 Å². The normalized spacial score (nSPS) is 24.7. The molecule has 5 rings (SSSR count). The zero-order valence-corrected chi connectivity index (χ0v) is 15.4. The standard InChI is InChI=1S/C22H25N3O2/c26-19-5-6-20-16(13-19)7-11-25(21(20)27)18-3-1-17(2-4-18)24-12-9-22(15-24)8-10-23-14-22/h1-6,13,23,26H,7-12,14-15H2. The van der Waals surface area contributed by atoms with Crippen LogP contribution in [0.5, 0.6) is 5.75 Å². The number of phenolic OH excluding ortho intramolecular Hbond substituents is 1. The number of rotatable bonds is 2. The van der Waals surface area contributed by atoms with Gasteiger partial charge in [0.25, 0.3) is 5.91 Å². The Bertz CT molecular complexity index is 872. The van der Waals surface area contributed by atoms with Crippen LogP contribution in [0.2, 0.25) is 0 Å². The summed E-state index contributed by atoms with van der Waals surface area (Å²) in [6, 6.07) is 13.5. The van der Waals surface area contributed by atoms with Crippen LogP contribution >= 0.6 is 0 Å². The third kappa shape index (κ3) is 2.86. The molecule has 27 heavy (non-hydrogen) atoms. The van der Waals surface area contributed by atoms with Crippen LogP contribution in [0.3, 0.4) is 0 Å². The Morgan fingerprint density at radius 3 is 2.59 bits per heavy atom. The maximum Gasteiger partial charge on any atom is 0.258 e. The number of hydrogen-bond acceptors (Lipinski definition) is 4. The molecule has 0 saturated carbocycles. The van der Waals surface area contributed by atoms with Crippen molar-refractivity contribution in [2.75, 3.05) is 42.5 Å². The van der Waals surface area contributed by atoms with Crippen molar-refractivity contribution < 1.29 is 9.90 Å². The number of aromatic hydroxyl groups is 1. The minimum Gasteiger partial charge on any atom is -0.508 e. The number of hydrogen-bond donors (Lipinski definition) is 2. The summed E-state index contributed by atoms with van der Waals surface area (Å²) in [5.74, 6) is 0.237. The zero-order chi connectivity index (χ0) is 18.4. The van der Waals surface area contributed by atoms with E-state index in [1.807, 2.05) is 4.90 Å². The van der Waals surface area contributed by atoms with Gasteiger partial charge in [0.05, 0.1) is 0 Å². The second kappa shape index (κ2) is 6.27. The van der Waals surface area contributed by atoms with Crippen LogP contribution in [0.25, 0.3) is 0 Å². The summed E-state index contributed by atoms with van der Waals surface area (Å²) in [5, 5.41) is 13.1.